The lowest BCUT2D eigenvalue weighted by molar-refractivity contribution is 0.177. The van der Waals surface area contributed by atoms with Gasteiger partial charge in [0.25, 0.3) is 0 Å². The van der Waals surface area contributed by atoms with Crippen LogP contribution in [0.5, 0.6) is 0 Å². The molecule has 2 aliphatic heterocycles. The number of likely N-dealkylation sites (tertiary alicyclic amines) is 1. The van der Waals surface area contributed by atoms with Crippen LogP contribution in [0.3, 0.4) is 0 Å². The van der Waals surface area contributed by atoms with Crippen molar-refractivity contribution in [3.63, 3.8) is 0 Å². The molecule has 0 aliphatic carbocycles. The Kier molecular flexibility index (Phi) is 4.62. The van der Waals surface area contributed by atoms with Crippen LogP contribution < -0.4 is 5.32 Å². The van der Waals surface area contributed by atoms with Crippen molar-refractivity contribution in [1.82, 2.24) is 10.2 Å². The van der Waals surface area contributed by atoms with Gasteiger partial charge in [-0.1, -0.05) is 30.3 Å². The number of hydrogen-bond donors (Lipinski definition) is 1. The van der Waals surface area contributed by atoms with Crippen LogP contribution in [-0.4, -0.2) is 50.0 Å². The van der Waals surface area contributed by atoms with Gasteiger partial charge in [0, 0.05) is 25.2 Å². The Hall–Kier alpha value is -0.910. The van der Waals surface area contributed by atoms with Crippen LogP contribution in [-0.2, 0) is 16.4 Å². The molecule has 1 aromatic rings. The molecule has 0 spiro atoms. The third-order valence-corrected chi connectivity index (χ3v) is 6.23. The largest absolute Gasteiger partial charge is 0.309 e. The van der Waals surface area contributed by atoms with E-state index in [1.54, 1.807) is 0 Å². The zero-order chi connectivity index (χ0) is 14.7. The van der Waals surface area contributed by atoms with E-state index in [2.05, 4.69) is 34.5 Å². The summed E-state index contributed by atoms with van der Waals surface area (Å²) in [4.78, 5) is 2.47. The molecule has 21 heavy (non-hydrogen) atoms. The Bertz CT molecular complexity index is 559. The van der Waals surface area contributed by atoms with Crippen molar-refractivity contribution in [2.75, 3.05) is 24.6 Å². The van der Waals surface area contributed by atoms with Crippen molar-refractivity contribution in [3.8, 4) is 0 Å². The quantitative estimate of drug-likeness (QED) is 0.914. The van der Waals surface area contributed by atoms with E-state index in [1.807, 2.05) is 6.07 Å². The van der Waals surface area contributed by atoms with Crippen LogP contribution in [0.1, 0.15) is 24.8 Å². The second kappa shape index (κ2) is 6.46. The average Bonchev–Trinajstić information content (AvgIpc) is 2.79. The van der Waals surface area contributed by atoms with Gasteiger partial charge in [-0.2, -0.15) is 0 Å². The fourth-order valence-corrected chi connectivity index (χ4v) is 5.12. The molecule has 5 heteroatoms. The molecule has 1 aromatic carbocycles. The van der Waals surface area contributed by atoms with E-state index >= 15 is 0 Å². The first kappa shape index (κ1) is 15.0. The molecule has 1 N–H and O–H groups in total. The Morgan fingerprint density at radius 1 is 1.14 bits per heavy atom. The van der Waals surface area contributed by atoms with Gasteiger partial charge >= 0.3 is 0 Å². The minimum Gasteiger partial charge on any atom is -0.309 e. The molecule has 2 unspecified atom stereocenters. The second-order valence-corrected chi connectivity index (χ2v) is 8.56. The predicted molar refractivity (Wildman–Crippen MR) is 84.9 cm³/mol. The van der Waals surface area contributed by atoms with Crippen LogP contribution in [0.15, 0.2) is 30.3 Å². The third kappa shape index (κ3) is 4.28. The van der Waals surface area contributed by atoms with E-state index in [0.717, 1.165) is 32.5 Å². The minimum absolute atomic E-state index is 0.164. The summed E-state index contributed by atoms with van der Waals surface area (Å²) in [6.45, 7) is 3.14. The molecular formula is C16H24N2O2S. The lowest BCUT2D eigenvalue weighted by Gasteiger charge is -2.34. The summed E-state index contributed by atoms with van der Waals surface area (Å²) in [5.41, 5.74) is 1.35. The van der Waals surface area contributed by atoms with Crippen LogP contribution in [0, 0.1) is 0 Å². The number of sulfone groups is 1. The molecule has 2 fully saturated rings. The number of rotatable bonds is 4. The molecular weight excluding hydrogens is 284 g/mol. The average molecular weight is 308 g/mol. The number of nitrogens with one attached hydrogen (secondary N) is 1. The highest BCUT2D eigenvalue weighted by atomic mass is 32.2. The Labute approximate surface area is 127 Å². The van der Waals surface area contributed by atoms with Crippen LogP contribution in [0.25, 0.3) is 0 Å². The number of benzene rings is 1. The van der Waals surface area contributed by atoms with Crippen LogP contribution in [0.4, 0.5) is 0 Å². The molecule has 0 aromatic heterocycles. The van der Waals surface area contributed by atoms with E-state index in [-0.39, 0.29) is 6.04 Å². The van der Waals surface area contributed by atoms with Crippen molar-refractivity contribution in [2.45, 2.75) is 37.9 Å². The maximum atomic E-state index is 11.5. The fraction of sp³-hybridized carbons (Fsp3) is 0.625. The molecule has 2 heterocycles. The lowest BCUT2D eigenvalue weighted by atomic mass is 10.0. The highest BCUT2D eigenvalue weighted by molar-refractivity contribution is 7.91. The van der Waals surface area contributed by atoms with Gasteiger partial charge in [-0.05, 0) is 31.4 Å². The maximum Gasteiger partial charge on any atom is 0.151 e. The molecule has 0 bridgehead atoms. The minimum atomic E-state index is -2.78. The predicted octanol–water partition coefficient (Wildman–Crippen LogP) is 1.43. The smallest absolute Gasteiger partial charge is 0.151 e. The first-order valence-electron chi connectivity index (χ1n) is 7.83. The van der Waals surface area contributed by atoms with Crippen LogP contribution in [0.2, 0.25) is 0 Å². The third-order valence-electron chi connectivity index (χ3n) is 4.46. The summed E-state index contributed by atoms with van der Waals surface area (Å²) in [7, 11) is -2.78. The van der Waals surface area contributed by atoms with Gasteiger partial charge in [-0.3, -0.25) is 4.90 Å². The molecule has 0 radical (unpaired) electrons. The summed E-state index contributed by atoms with van der Waals surface area (Å²) >= 11 is 0. The van der Waals surface area contributed by atoms with Crippen molar-refractivity contribution in [1.29, 1.82) is 0 Å². The summed E-state index contributed by atoms with van der Waals surface area (Å²) in [5, 5.41) is 3.57. The highest BCUT2D eigenvalue weighted by Crippen LogP contribution is 2.17. The van der Waals surface area contributed by atoms with E-state index in [4.69, 9.17) is 0 Å². The van der Waals surface area contributed by atoms with E-state index < -0.39 is 9.84 Å². The maximum absolute atomic E-state index is 11.5. The van der Waals surface area contributed by atoms with Crippen molar-refractivity contribution in [3.05, 3.63) is 35.9 Å². The number of piperidine rings is 1. The Morgan fingerprint density at radius 3 is 2.67 bits per heavy atom. The van der Waals surface area contributed by atoms with Crippen LogP contribution >= 0.6 is 0 Å². The fourth-order valence-electron chi connectivity index (χ4n) is 3.44. The zero-order valence-electron chi connectivity index (χ0n) is 12.4. The van der Waals surface area contributed by atoms with Gasteiger partial charge in [0.15, 0.2) is 9.84 Å². The normalized spacial score (nSPS) is 29.5. The summed E-state index contributed by atoms with van der Waals surface area (Å²) in [6, 6.07) is 11.1. The molecule has 2 saturated heterocycles. The van der Waals surface area contributed by atoms with Gasteiger partial charge in [0.05, 0.1) is 11.5 Å². The van der Waals surface area contributed by atoms with Crippen molar-refractivity contribution in [2.24, 2.45) is 0 Å². The zero-order valence-corrected chi connectivity index (χ0v) is 13.2. The second-order valence-electron chi connectivity index (χ2n) is 6.33. The van der Waals surface area contributed by atoms with E-state index in [1.165, 1.54) is 12.0 Å². The van der Waals surface area contributed by atoms with Crippen molar-refractivity contribution < 1.29 is 8.42 Å². The standard InChI is InChI=1S/C16H24N2O2S/c19-21(20)10-8-16(13-21)17-15-7-4-9-18(12-15)11-14-5-2-1-3-6-14/h1-3,5-6,15-17H,4,7-13H2. The first-order valence-corrected chi connectivity index (χ1v) is 9.66. The van der Waals surface area contributed by atoms with Gasteiger partial charge in [-0.25, -0.2) is 8.42 Å². The van der Waals surface area contributed by atoms with Crippen molar-refractivity contribution >= 4 is 9.84 Å². The summed E-state index contributed by atoms with van der Waals surface area (Å²) in [6.07, 6.45) is 3.11. The topological polar surface area (TPSA) is 49.4 Å². The Morgan fingerprint density at radius 2 is 1.95 bits per heavy atom. The molecule has 2 atom stereocenters. The summed E-state index contributed by atoms with van der Waals surface area (Å²) < 4.78 is 23.1. The van der Waals surface area contributed by atoms with Gasteiger partial charge < -0.3 is 5.32 Å². The molecule has 3 rings (SSSR count). The van der Waals surface area contributed by atoms with E-state index in [9.17, 15) is 8.42 Å². The first-order chi connectivity index (χ1) is 10.1. The van der Waals surface area contributed by atoms with Gasteiger partial charge in [-0.15, -0.1) is 0 Å². The molecule has 0 saturated carbocycles. The highest BCUT2D eigenvalue weighted by Gasteiger charge is 2.30. The SMILES string of the molecule is O=S1(=O)CCC(NC2CCCN(Cc3ccccc3)C2)C1. The molecule has 0 amide bonds. The van der Waals surface area contributed by atoms with E-state index in [0.29, 0.717) is 17.5 Å². The lowest BCUT2D eigenvalue weighted by Crippen LogP contribution is -2.49. The number of hydrogen-bond acceptors (Lipinski definition) is 4. The Balaban J connectivity index is 1.52. The number of nitrogens with zero attached hydrogens (tertiary/aromatic N) is 1. The monoisotopic (exact) mass is 308 g/mol. The summed E-state index contributed by atoms with van der Waals surface area (Å²) in [5.74, 6) is 0.674. The molecule has 4 nitrogen and oxygen atoms in total. The van der Waals surface area contributed by atoms with Gasteiger partial charge in [0.1, 0.15) is 0 Å². The molecule has 2 aliphatic rings. The molecule has 116 valence electrons. The van der Waals surface area contributed by atoms with Gasteiger partial charge in [0.2, 0.25) is 0 Å².